The topological polar surface area (TPSA) is 15.3 Å². The largest absolute Gasteiger partial charge is 0.308 e. The van der Waals surface area contributed by atoms with E-state index in [0.29, 0.717) is 24.0 Å². The van der Waals surface area contributed by atoms with Crippen molar-refractivity contribution in [2.45, 2.75) is 57.5 Å². The Balaban J connectivity index is 2.02. The molecule has 1 aliphatic heterocycles. The van der Waals surface area contributed by atoms with E-state index in [-0.39, 0.29) is 6.67 Å². The maximum absolute atomic E-state index is 12.7. The molecule has 2 fully saturated rings. The van der Waals surface area contributed by atoms with Gasteiger partial charge in [0.2, 0.25) is 0 Å². The molecule has 0 radical (unpaired) electrons. The van der Waals surface area contributed by atoms with E-state index in [4.69, 9.17) is 0 Å². The Morgan fingerprint density at radius 3 is 2.71 bits per heavy atom. The van der Waals surface area contributed by atoms with Gasteiger partial charge in [-0.05, 0) is 18.8 Å². The van der Waals surface area contributed by atoms with Gasteiger partial charge in [0.25, 0.3) is 0 Å². The molecule has 0 aromatic heterocycles. The highest BCUT2D eigenvalue weighted by Gasteiger charge is 2.41. The fraction of sp³-hybridized carbons (Fsp3) is 1.00. The molecule has 1 N–H and O–H groups in total. The van der Waals surface area contributed by atoms with Crippen molar-refractivity contribution in [3.05, 3.63) is 0 Å². The molecule has 2 nitrogen and oxygen atoms in total. The average molecular weight is 242 g/mol. The summed E-state index contributed by atoms with van der Waals surface area (Å²) in [6.45, 7) is 7.06. The zero-order valence-electron chi connectivity index (χ0n) is 11.3. The van der Waals surface area contributed by atoms with Crippen molar-refractivity contribution in [3.8, 4) is 0 Å². The third-order valence-electron chi connectivity index (χ3n) is 4.89. The highest BCUT2D eigenvalue weighted by Crippen LogP contribution is 2.34. The van der Waals surface area contributed by atoms with Crippen molar-refractivity contribution in [2.24, 2.45) is 5.92 Å². The van der Waals surface area contributed by atoms with Gasteiger partial charge in [0.15, 0.2) is 0 Å². The van der Waals surface area contributed by atoms with Gasteiger partial charge in [0, 0.05) is 31.2 Å². The minimum atomic E-state index is -0.205. The Kier molecular flexibility index (Phi) is 4.42. The van der Waals surface area contributed by atoms with E-state index in [1.807, 2.05) is 0 Å². The first-order valence-electron chi connectivity index (χ1n) is 7.26. The summed E-state index contributed by atoms with van der Waals surface area (Å²) in [7, 11) is 0. The maximum atomic E-state index is 12.7. The highest BCUT2D eigenvalue weighted by molar-refractivity contribution is 5.01. The summed E-state index contributed by atoms with van der Waals surface area (Å²) in [6, 6.07) is 0.530. The van der Waals surface area contributed by atoms with Crippen LogP contribution in [0.1, 0.15) is 46.0 Å². The van der Waals surface area contributed by atoms with Gasteiger partial charge in [-0.25, -0.2) is 4.39 Å². The Labute approximate surface area is 105 Å². The van der Waals surface area contributed by atoms with Crippen molar-refractivity contribution in [1.82, 2.24) is 10.2 Å². The minimum Gasteiger partial charge on any atom is -0.308 e. The fourth-order valence-electron chi connectivity index (χ4n) is 3.59. The summed E-state index contributed by atoms with van der Waals surface area (Å²) in [5.41, 5.74) is 0.319. The molecule has 1 spiro atoms. The van der Waals surface area contributed by atoms with Crippen LogP contribution in [0.5, 0.6) is 0 Å². The maximum Gasteiger partial charge on any atom is 0.102 e. The number of rotatable bonds is 4. The van der Waals surface area contributed by atoms with Crippen LogP contribution in [-0.2, 0) is 0 Å². The summed E-state index contributed by atoms with van der Waals surface area (Å²) in [4.78, 5) is 2.41. The lowest BCUT2D eigenvalue weighted by Crippen LogP contribution is -2.64. The lowest BCUT2D eigenvalue weighted by Gasteiger charge is -2.48. The van der Waals surface area contributed by atoms with Gasteiger partial charge in [-0.1, -0.05) is 33.1 Å². The van der Waals surface area contributed by atoms with Crippen molar-refractivity contribution in [3.63, 3.8) is 0 Å². The summed E-state index contributed by atoms with van der Waals surface area (Å²) >= 11 is 0. The number of piperazine rings is 1. The van der Waals surface area contributed by atoms with Crippen molar-refractivity contribution in [2.75, 3.05) is 26.3 Å². The molecule has 1 aliphatic carbocycles. The monoisotopic (exact) mass is 242 g/mol. The van der Waals surface area contributed by atoms with Gasteiger partial charge >= 0.3 is 0 Å². The first kappa shape index (κ1) is 13.3. The predicted octanol–water partition coefficient (Wildman–Crippen LogP) is 2.59. The molecule has 3 heteroatoms. The number of alkyl halides is 1. The number of nitrogens with zero attached hydrogens (tertiary/aromatic N) is 1. The van der Waals surface area contributed by atoms with Gasteiger partial charge in [-0.15, -0.1) is 0 Å². The average Bonchev–Trinajstić information content (AvgIpc) is 2.77. The minimum absolute atomic E-state index is 0.205. The van der Waals surface area contributed by atoms with Crippen LogP contribution >= 0.6 is 0 Å². The van der Waals surface area contributed by atoms with Gasteiger partial charge < -0.3 is 5.32 Å². The molecule has 0 aromatic carbocycles. The van der Waals surface area contributed by atoms with E-state index in [0.717, 1.165) is 13.1 Å². The zero-order chi connectivity index (χ0) is 12.3. The van der Waals surface area contributed by atoms with Crippen molar-refractivity contribution < 1.29 is 4.39 Å². The number of halogens is 1. The third-order valence-corrected chi connectivity index (χ3v) is 4.89. The second kappa shape index (κ2) is 5.66. The molecule has 17 heavy (non-hydrogen) atoms. The van der Waals surface area contributed by atoms with E-state index in [1.165, 1.54) is 32.1 Å². The molecule has 0 aromatic rings. The number of hydrogen-bond acceptors (Lipinski definition) is 2. The smallest absolute Gasteiger partial charge is 0.102 e. The van der Waals surface area contributed by atoms with Gasteiger partial charge in [0.1, 0.15) is 6.67 Å². The summed E-state index contributed by atoms with van der Waals surface area (Å²) in [5, 5.41) is 3.78. The SMILES string of the molecule is CCC(C)C1CNC2(CCCC2)CN1CCF. The summed E-state index contributed by atoms with van der Waals surface area (Å²) in [5.74, 6) is 0.660. The molecular weight excluding hydrogens is 215 g/mol. The normalized spacial score (nSPS) is 30.9. The van der Waals surface area contributed by atoms with Crippen LogP contribution in [0.25, 0.3) is 0 Å². The molecule has 2 atom stereocenters. The Bertz CT molecular complexity index is 238. The first-order valence-corrected chi connectivity index (χ1v) is 7.26. The highest BCUT2D eigenvalue weighted by atomic mass is 19.1. The molecule has 1 heterocycles. The molecule has 0 bridgehead atoms. The van der Waals surface area contributed by atoms with Crippen molar-refractivity contribution in [1.29, 1.82) is 0 Å². The molecule has 1 saturated heterocycles. The third kappa shape index (κ3) is 2.82. The van der Waals surface area contributed by atoms with E-state index in [1.54, 1.807) is 0 Å². The van der Waals surface area contributed by atoms with E-state index in [2.05, 4.69) is 24.1 Å². The van der Waals surface area contributed by atoms with Gasteiger partial charge in [-0.3, -0.25) is 4.90 Å². The van der Waals surface area contributed by atoms with Crippen LogP contribution in [0.2, 0.25) is 0 Å². The predicted molar refractivity (Wildman–Crippen MR) is 70.0 cm³/mol. The number of nitrogens with one attached hydrogen (secondary N) is 1. The Morgan fingerprint density at radius 2 is 2.12 bits per heavy atom. The molecule has 100 valence electrons. The summed E-state index contributed by atoms with van der Waals surface area (Å²) in [6.07, 6.45) is 6.42. The first-order chi connectivity index (χ1) is 8.21. The van der Waals surface area contributed by atoms with Gasteiger partial charge in [0.05, 0.1) is 0 Å². The van der Waals surface area contributed by atoms with Crippen LogP contribution in [-0.4, -0.2) is 42.8 Å². The Hall–Kier alpha value is -0.150. The molecular formula is C14H27FN2. The van der Waals surface area contributed by atoms with Crippen LogP contribution in [0.4, 0.5) is 4.39 Å². The van der Waals surface area contributed by atoms with Crippen molar-refractivity contribution >= 4 is 0 Å². The standard InChI is InChI=1S/C14H27FN2/c1-3-12(2)13-10-16-14(6-4-5-7-14)11-17(13)9-8-15/h12-13,16H,3-11H2,1-2H3. The molecule has 2 aliphatic rings. The lowest BCUT2D eigenvalue weighted by molar-refractivity contribution is 0.0474. The lowest BCUT2D eigenvalue weighted by atomic mass is 9.87. The van der Waals surface area contributed by atoms with E-state index >= 15 is 0 Å². The molecule has 2 rings (SSSR count). The van der Waals surface area contributed by atoms with Crippen LogP contribution in [0, 0.1) is 5.92 Å². The van der Waals surface area contributed by atoms with E-state index < -0.39 is 0 Å². The second-order valence-corrected chi connectivity index (χ2v) is 5.98. The van der Waals surface area contributed by atoms with E-state index in [9.17, 15) is 4.39 Å². The van der Waals surface area contributed by atoms with Gasteiger partial charge in [-0.2, -0.15) is 0 Å². The second-order valence-electron chi connectivity index (χ2n) is 5.98. The number of hydrogen-bond donors (Lipinski definition) is 1. The van der Waals surface area contributed by atoms with Crippen LogP contribution < -0.4 is 5.32 Å². The Morgan fingerprint density at radius 1 is 1.41 bits per heavy atom. The zero-order valence-corrected chi connectivity index (χ0v) is 11.3. The molecule has 2 unspecified atom stereocenters. The molecule has 1 saturated carbocycles. The molecule has 0 amide bonds. The summed E-state index contributed by atoms with van der Waals surface area (Å²) < 4.78 is 12.7. The fourth-order valence-corrected chi connectivity index (χ4v) is 3.59. The quantitative estimate of drug-likeness (QED) is 0.815. The van der Waals surface area contributed by atoms with Crippen LogP contribution in [0.15, 0.2) is 0 Å². The van der Waals surface area contributed by atoms with Crippen LogP contribution in [0.3, 0.4) is 0 Å².